The van der Waals surface area contributed by atoms with Crippen LogP contribution in [0.15, 0.2) is 158 Å². The second-order valence-corrected chi connectivity index (χ2v) is 9.01. The molecule has 0 unspecified atom stereocenters. The van der Waals surface area contributed by atoms with Crippen LogP contribution < -0.4 is 9.64 Å². The average molecular weight is 510 g/mol. The lowest BCUT2D eigenvalue weighted by molar-refractivity contribution is 0.356. The first-order valence-corrected chi connectivity index (χ1v) is 13.2. The Bertz CT molecular complexity index is 1470. The summed E-state index contributed by atoms with van der Waals surface area (Å²) in [6, 6.07) is 36.0. The zero-order valence-electron chi connectivity index (χ0n) is 22.8. The lowest BCUT2D eigenvalue weighted by Gasteiger charge is -2.26. The molecule has 0 N–H and O–H groups in total. The molecule has 0 spiro atoms. The van der Waals surface area contributed by atoms with Gasteiger partial charge in [-0.3, -0.25) is 0 Å². The van der Waals surface area contributed by atoms with Gasteiger partial charge in [0.05, 0.1) is 0 Å². The van der Waals surface area contributed by atoms with Crippen molar-refractivity contribution in [2.75, 3.05) is 11.5 Å². The number of benzene rings is 4. The third-order valence-electron chi connectivity index (χ3n) is 6.42. The van der Waals surface area contributed by atoms with E-state index in [2.05, 4.69) is 128 Å². The van der Waals surface area contributed by atoms with Crippen LogP contribution in [0.4, 0.5) is 17.1 Å². The summed E-state index contributed by atoms with van der Waals surface area (Å²) >= 11 is 0. The first-order valence-electron chi connectivity index (χ1n) is 13.2. The zero-order valence-corrected chi connectivity index (χ0v) is 22.8. The van der Waals surface area contributed by atoms with Gasteiger partial charge in [0.2, 0.25) is 0 Å². The number of hydrogen-bond acceptors (Lipinski definition) is 2. The molecule has 4 aromatic rings. The first-order chi connectivity index (χ1) is 19.2. The number of ether oxygens (including phenoxy) is 1. The molecule has 0 saturated carbocycles. The molecule has 0 aliphatic carbocycles. The Morgan fingerprint density at radius 1 is 0.744 bits per heavy atom. The van der Waals surface area contributed by atoms with Crippen LogP contribution >= 0.6 is 0 Å². The minimum Gasteiger partial charge on any atom is -0.489 e. The van der Waals surface area contributed by atoms with Gasteiger partial charge >= 0.3 is 0 Å². The summed E-state index contributed by atoms with van der Waals surface area (Å²) in [6.07, 6.45) is 11.8. The Labute approximate surface area is 233 Å². The predicted molar refractivity (Wildman–Crippen MR) is 169 cm³/mol. The van der Waals surface area contributed by atoms with Crippen LogP contribution in [-0.4, -0.2) is 6.61 Å². The van der Waals surface area contributed by atoms with Crippen LogP contribution in [0.3, 0.4) is 0 Å². The van der Waals surface area contributed by atoms with E-state index in [1.54, 1.807) is 12.2 Å². The van der Waals surface area contributed by atoms with E-state index in [0.29, 0.717) is 6.61 Å². The summed E-state index contributed by atoms with van der Waals surface area (Å²) in [6.45, 7) is 12.2. The number of anilines is 3. The van der Waals surface area contributed by atoms with Gasteiger partial charge in [0.25, 0.3) is 0 Å². The molecule has 0 radical (unpaired) electrons. The molecule has 0 aliphatic heterocycles. The summed E-state index contributed by atoms with van der Waals surface area (Å²) < 4.78 is 6.11. The van der Waals surface area contributed by atoms with Crippen molar-refractivity contribution in [3.05, 3.63) is 164 Å². The fourth-order valence-electron chi connectivity index (χ4n) is 4.43. The highest BCUT2D eigenvalue weighted by Crippen LogP contribution is 2.37. The molecule has 0 atom stereocenters. The number of hydrogen-bond donors (Lipinski definition) is 0. The Morgan fingerprint density at radius 2 is 1.41 bits per heavy atom. The van der Waals surface area contributed by atoms with Gasteiger partial charge in [-0.15, -0.1) is 0 Å². The van der Waals surface area contributed by atoms with Crippen molar-refractivity contribution in [1.29, 1.82) is 0 Å². The van der Waals surface area contributed by atoms with Gasteiger partial charge in [0.1, 0.15) is 12.4 Å². The van der Waals surface area contributed by atoms with E-state index in [1.165, 1.54) is 22.3 Å². The van der Waals surface area contributed by atoms with Crippen LogP contribution in [0, 0.1) is 0 Å². The first kappa shape index (κ1) is 27.2. The molecular formula is C37H35NO. The van der Waals surface area contributed by atoms with Crippen molar-refractivity contribution in [1.82, 2.24) is 0 Å². The zero-order chi connectivity index (χ0) is 27.5. The molecule has 0 aromatic heterocycles. The second kappa shape index (κ2) is 13.6. The topological polar surface area (TPSA) is 12.5 Å². The van der Waals surface area contributed by atoms with Crippen molar-refractivity contribution in [3.63, 3.8) is 0 Å². The molecule has 0 fully saturated rings. The molecule has 39 heavy (non-hydrogen) atoms. The van der Waals surface area contributed by atoms with Gasteiger partial charge in [0.15, 0.2) is 0 Å². The van der Waals surface area contributed by atoms with E-state index in [4.69, 9.17) is 4.74 Å². The Morgan fingerprint density at radius 3 is 2.03 bits per heavy atom. The highest BCUT2D eigenvalue weighted by atomic mass is 16.5. The highest BCUT2D eigenvalue weighted by molar-refractivity contribution is 5.81. The van der Waals surface area contributed by atoms with Crippen LogP contribution in [0.25, 0.3) is 16.7 Å². The Kier molecular flexibility index (Phi) is 9.52. The molecule has 2 nitrogen and oxygen atoms in total. The highest BCUT2D eigenvalue weighted by Gasteiger charge is 2.14. The Hall–Kier alpha value is -4.82. The largest absolute Gasteiger partial charge is 0.489 e. The molecule has 0 saturated heterocycles. The Balaban J connectivity index is 1.72. The van der Waals surface area contributed by atoms with Crippen molar-refractivity contribution in [3.8, 4) is 16.9 Å². The fourth-order valence-corrected chi connectivity index (χ4v) is 4.43. The van der Waals surface area contributed by atoms with Gasteiger partial charge in [0, 0.05) is 23.1 Å². The van der Waals surface area contributed by atoms with Gasteiger partial charge < -0.3 is 9.64 Å². The van der Waals surface area contributed by atoms with Crippen molar-refractivity contribution in [2.24, 2.45) is 0 Å². The van der Waals surface area contributed by atoms with E-state index in [-0.39, 0.29) is 0 Å². The fraction of sp³-hybridized carbons (Fsp3) is 0.0811. The molecule has 0 heterocycles. The van der Waals surface area contributed by atoms with E-state index in [0.717, 1.165) is 28.4 Å². The van der Waals surface area contributed by atoms with E-state index in [9.17, 15) is 0 Å². The molecule has 4 aromatic carbocycles. The average Bonchev–Trinajstić information content (AvgIpc) is 2.99. The summed E-state index contributed by atoms with van der Waals surface area (Å²) in [5.41, 5.74) is 8.88. The minimum atomic E-state index is 0.427. The SMILES string of the molecule is C=C/C=C(\C=C)COc1cccc(N(c2ccc(C(/C=C\C)=C/C)cc2)c2ccc(-c3ccccc3)cc2)c1. The quantitative estimate of drug-likeness (QED) is 0.186. The predicted octanol–water partition coefficient (Wildman–Crippen LogP) is 10.5. The van der Waals surface area contributed by atoms with Gasteiger partial charge in [-0.25, -0.2) is 0 Å². The van der Waals surface area contributed by atoms with Gasteiger partial charge in [-0.2, -0.15) is 0 Å². The van der Waals surface area contributed by atoms with Crippen LogP contribution in [0.2, 0.25) is 0 Å². The summed E-state index contributed by atoms with van der Waals surface area (Å²) in [5, 5.41) is 0. The molecule has 4 rings (SSSR count). The van der Waals surface area contributed by atoms with E-state index >= 15 is 0 Å². The summed E-state index contributed by atoms with van der Waals surface area (Å²) in [7, 11) is 0. The summed E-state index contributed by atoms with van der Waals surface area (Å²) in [4.78, 5) is 2.25. The maximum atomic E-state index is 6.11. The summed E-state index contributed by atoms with van der Waals surface area (Å²) in [5.74, 6) is 0.788. The monoisotopic (exact) mass is 509 g/mol. The molecule has 0 aliphatic rings. The smallest absolute Gasteiger partial charge is 0.121 e. The van der Waals surface area contributed by atoms with Gasteiger partial charge in [-0.05, 0) is 78.1 Å². The second-order valence-electron chi connectivity index (χ2n) is 9.01. The lowest BCUT2D eigenvalue weighted by atomic mass is 10.0. The standard InChI is InChI=1S/C37H35NO/c1-5-13-29(7-3)28-39-37-18-12-17-36(27-37)38(34-23-19-32(20-24-34)30(8-4)14-6-2)35-25-21-33(22-26-35)31-15-10-9-11-16-31/h5-27H,1,3,28H2,2,4H3/b14-6-,29-13+,30-8+. The van der Waals surface area contributed by atoms with Crippen molar-refractivity contribution < 1.29 is 4.74 Å². The van der Waals surface area contributed by atoms with Crippen LogP contribution in [-0.2, 0) is 0 Å². The minimum absolute atomic E-state index is 0.427. The maximum absolute atomic E-state index is 6.11. The normalized spacial score (nSPS) is 11.8. The molecule has 0 amide bonds. The molecule has 2 heteroatoms. The van der Waals surface area contributed by atoms with E-state index < -0.39 is 0 Å². The molecule has 194 valence electrons. The van der Waals surface area contributed by atoms with Crippen molar-refractivity contribution in [2.45, 2.75) is 13.8 Å². The third-order valence-corrected chi connectivity index (χ3v) is 6.42. The van der Waals surface area contributed by atoms with Crippen LogP contribution in [0.1, 0.15) is 19.4 Å². The van der Waals surface area contributed by atoms with Crippen LogP contribution in [0.5, 0.6) is 5.75 Å². The molecule has 0 bridgehead atoms. The van der Waals surface area contributed by atoms with E-state index in [1.807, 2.05) is 31.2 Å². The number of rotatable bonds is 11. The molecular weight excluding hydrogens is 474 g/mol. The van der Waals surface area contributed by atoms with Crippen molar-refractivity contribution >= 4 is 22.6 Å². The number of allylic oxidation sites excluding steroid dienone is 6. The number of nitrogens with zero attached hydrogens (tertiary/aromatic N) is 1. The lowest BCUT2D eigenvalue weighted by Crippen LogP contribution is -2.10. The van der Waals surface area contributed by atoms with Gasteiger partial charge in [-0.1, -0.05) is 110 Å². The third kappa shape index (κ3) is 6.94. The maximum Gasteiger partial charge on any atom is 0.121 e.